The van der Waals surface area contributed by atoms with Crippen LogP contribution >= 0.6 is 39.1 Å². The molecule has 5 amide bonds. The topological polar surface area (TPSA) is 221 Å². The van der Waals surface area contributed by atoms with E-state index in [1.54, 1.807) is 61.7 Å². The third-order valence-electron chi connectivity index (χ3n) is 9.00. The lowest BCUT2D eigenvalue weighted by atomic mass is 10.0. The van der Waals surface area contributed by atoms with Crippen LogP contribution in [0, 0.1) is 6.92 Å². The Morgan fingerprint density at radius 3 is 1.40 bits per heavy atom. The van der Waals surface area contributed by atoms with Gasteiger partial charge in [0, 0.05) is 63.0 Å². The summed E-state index contributed by atoms with van der Waals surface area (Å²) in [5, 5.41) is 11.6. The van der Waals surface area contributed by atoms with Gasteiger partial charge in [-0.05, 0) is 75.2 Å². The van der Waals surface area contributed by atoms with Gasteiger partial charge in [0.15, 0.2) is 11.7 Å². The molecule has 1 heterocycles. The Morgan fingerprint density at radius 2 is 1.07 bits per heavy atom. The van der Waals surface area contributed by atoms with Crippen molar-refractivity contribution >= 4 is 74.5 Å². The van der Waals surface area contributed by atoms with Gasteiger partial charge in [-0.1, -0.05) is 95.1 Å². The number of oxazole rings is 1. The number of nitrogens with two attached hydrogens (primary N) is 1. The van der Waals surface area contributed by atoms with E-state index >= 15 is 0 Å². The Bertz CT molecular complexity index is 2440. The highest BCUT2D eigenvalue weighted by Gasteiger charge is 2.23. The van der Waals surface area contributed by atoms with E-state index in [9.17, 15) is 28.8 Å². The van der Waals surface area contributed by atoms with E-state index in [-0.39, 0.29) is 54.9 Å². The number of aromatic nitrogens is 1. The zero-order chi connectivity index (χ0) is 49.1. The van der Waals surface area contributed by atoms with Crippen LogP contribution in [0.2, 0.25) is 10.0 Å². The lowest BCUT2D eigenvalue weighted by Gasteiger charge is -2.18. The van der Waals surface area contributed by atoms with Crippen LogP contribution in [0.1, 0.15) is 90.1 Å². The Labute approximate surface area is 410 Å². The number of carbonyl (C=O) groups excluding carboxylic acids is 6. The molecular weight excluding hydrogens is 967 g/mol. The van der Waals surface area contributed by atoms with Crippen molar-refractivity contribution < 1.29 is 42.7 Å². The molecule has 0 bridgehead atoms. The second-order valence-corrected chi connectivity index (χ2v) is 16.5. The molecule has 0 saturated heterocycles. The summed E-state index contributed by atoms with van der Waals surface area (Å²) in [6.07, 6.45) is 2.11. The van der Waals surface area contributed by atoms with Gasteiger partial charge >= 0.3 is 0 Å². The number of alkyl halides is 1. The summed E-state index contributed by atoms with van der Waals surface area (Å²) in [5.74, 6) is -0.211. The molecular formula is C49H59BrCl2N6O9. The van der Waals surface area contributed by atoms with E-state index in [4.69, 9.17) is 37.1 Å². The largest absolute Gasteiger partial charge is 0.489 e. The normalized spacial score (nSPS) is 11.2. The molecule has 0 radical (unpaired) electrons. The smallest absolute Gasteiger partial charge is 0.251 e. The minimum atomic E-state index is -0.786. The number of ketones is 1. The molecule has 4 aromatic carbocycles. The number of carbonyl (C=O) groups is 6. The molecule has 0 aliphatic heterocycles. The molecule has 0 spiro atoms. The van der Waals surface area contributed by atoms with Gasteiger partial charge in [0.25, 0.3) is 11.8 Å². The van der Waals surface area contributed by atoms with Crippen LogP contribution in [-0.4, -0.2) is 84.0 Å². The standard InChI is InChI=1S/C24H26ClN3O4.C22H24BrClN2O4.C2H5NO.CH4/c1-14(2)32-22-10-9-18(12-19(22)25)23(29)28-20(24(30)26-4)11-16-5-7-17(8-6-16)21-13-31-15(3)27-21;1-13(2)30-20-9-8-16(11-17(20)24)21(28)26-18(22(29)25-3)10-14-4-6-15(7-5-14)19(27)12-23;1-2(3)4;/h5-10,12-14,20H,11H2,1-4H3,(H,26,30)(H,28,29);4-9,11,13,18H,10,12H2,1-3H3,(H,25,29)(H,26,28);1H3,(H2,3,4);1H4. The molecule has 6 N–H and O–H groups in total. The zero-order valence-electron chi connectivity index (χ0n) is 37.9. The molecule has 0 aliphatic rings. The van der Waals surface area contributed by atoms with Crippen LogP contribution in [-0.2, 0) is 27.2 Å². The number of primary amides is 1. The van der Waals surface area contributed by atoms with Crippen LogP contribution in [0.3, 0.4) is 0 Å². The average Bonchev–Trinajstić information content (AvgIpc) is 3.72. The maximum atomic E-state index is 12.8. The van der Waals surface area contributed by atoms with E-state index in [1.165, 1.54) is 33.2 Å². The summed E-state index contributed by atoms with van der Waals surface area (Å²) in [5.41, 5.74) is 9.07. The van der Waals surface area contributed by atoms with Crippen molar-refractivity contribution in [3.8, 4) is 22.8 Å². The summed E-state index contributed by atoms with van der Waals surface area (Å²) in [7, 11) is 3.04. The highest BCUT2D eigenvalue weighted by molar-refractivity contribution is 9.09. The summed E-state index contributed by atoms with van der Waals surface area (Å²) < 4.78 is 16.4. The number of Topliss-reactive ketones (excluding diaryl/α,β-unsaturated/α-hetero) is 1. The van der Waals surface area contributed by atoms with Crippen molar-refractivity contribution in [2.75, 3.05) is 19.4 Å². The van der Waals surface area contributed by atoms with E-state index in [1.807, 2.05) is 52.0 Å². The number of rotatable bonds is 17. The summed E-state index contributed by atoms with van der Waals surface area (Å²) in [4.78, 5) is 75.5. The lowest BCUT2D eigenvalue weighted by molar-refractivity contribution is -0.123. The molecule has 5 aromatic rings. The van der Waals surface area contributed by atoms with E-state index in [0.29, 0.717) is 50.5 Å². The van der Waals surface area contributed by atoms with Crippen molar-refractivity contribution in [2.45, 2.75) is 86.1 Å². The molecule has 1 aromatic heterocycles. The van der Waals surface area contributed by atoms with Crippen LogP contribution < -0.4 is 36.5 Å². The minimum absolute atomic E-state index is 0. The van der Waals surface area contributed by atoms with Gasteiger partial charge in [0.2, 0.25) is 17.7 Å². The van der Waals surface area contributed by atoms with E-state index in [0.717, 1.165) is 22.4 Å². The Morgan fingerprint density at radius 1 is 0.687 bits per heavy atom. The number of hydrogen-bond donors (Lipinski definition) is 5. The summed E-state index contributed by atoms with van der Waals surface area (Å²) >= 11 is 15.6. The minimum Gasteiger partial charge on any atom is -0.489 e. The number of ether oxygens (including phenoxy) is 2. The van der Waals surface area contributed by atoms with Gasteiger partial charge in [-0.15, -0.1) is 0 Å². The first-order chi connectivity index (χ1) is 31.2. The maximum absolute atomic E-state index is 12.8. The number of benzene rings is 4. The number of nitrogens with zero attached hydrogens (tertiary/aromatic N) is 1. The first kappa shape index (κ1) is 56.9. The van der Waals surface area contributed by atoms with Gasteiger partial charge in [-0.3, -0.25) is 28.8 Å². The Balaban J connectivity index is 0.000000421. The van der Waals surface area contributed by atoms with Gasteiger partial charge in [0.05, 0.1) is 27.6 Å². The predicted octanol–water partition coefficient (Wildman–Crippen LogP) is 8.10. The first-order valence-corrected chi connectivity index (χ1v) is 22.6. The second-order valence-electron chi connectivity index (χ2n) is 15.1. The van der Waals surface area contributed by atoms with E-state index < -0.39 is 23.9 Å². The molecule has 18 heteroatoms. The Hall–Kier alpha value is -6.23. The highest BCUT2D eigenvalue weighted by atomic mass is 79.9. The molecule has 0 fully saturated rings. The highest BCUT2D eigenvalue weighted by Crippen LogP contribution is 2.28. The fraction of sp³-hybridized carbons (Fsp3) is 0.327. The molecule has 0 aliphatic carbocycles. The van der Waals surface area contributed by atoms with Crippen molar-refractivity contribution in [3.63, 3.8) is 0 Å². The fourth-order valence-corrected chi connectivity index (χ4v) is 6.69. The van der Waals surface area contributed by atoms with Gasteiger partial charge < -0.3 is 40.9 Å². The van der Waals surface area contributed by atoms with E-state index in [2.05, 4.69) is 47.9 Å². The van der Waals surface area contributed by atoms with Crippen LogP contribution in [0.4, 0.5) is 0 Å². The van der Waals surface area contributed by atoms with Crippen molar-refractivity contribution in [3.05, 3.63) is 135 Å². The SMILES string of the molecule is C.CC(N)=O.CNC(=O)C(Cc1ccc(-c2coc(C)n2)cc1)NC(=O)c1ccc(OC(C)C)c(Cl)c1.CNC(=O)C(Cc1ccc(C(=O)CBr)cc1)NC(=O)c1ccc(OC(C)C)c(Cl)c1. The summed E-state index contributed by atoms with van der Waals surface area (Å²) in [6.45, 7) is 10.6. The molecule has 0 saturated carbocycles. The second kappa shape index (κ2) is 28.1. The van der Waals surface area contributed by atoms with Crippen molar-refractivity contribution in [1.29, 1.82) is 0 Å². The third kappa shape index (κ3) is 18.9. The van der Waals surface area contributed by atoms with Crippen molar-refractivity contribution in [1.82, 2.24) is 26.3 Å². The first-order valence-electron chi connectivity index (χ1n) is 20.7. The molecule has 2 atom stereocenters. The maximum Gasteiger partial charge on any atom is 0.251 e. The number of likely N-dealkylation sites (N-methyl/N-ethyl adjacent to an activating group) is 2. The van der Waals surface area contributed by atoms with Crippen LogP contribution in [0.5, 0.6) is 11.5 Å². The van der Waals surface area contributed by atoms with Crippen LogP contribution in [0.25, 0.3) is 11.3 Å². The number of hydrogen-bond acceptors (Lipinski definition) is 10. The van der Waals surface area contributed by atoms with Crippen molar-refractivity contribution in [2.24, 2.45) is 5.73 Å². The zero-order valence-corrected chi connectivity index (χ0v) is 41.0. The Kier molecular flexibility index (Phi) is 23.8. The number of nitrogens with one attached hydrogen (secondary N) is 4. The molecule has 15 nitrogen and oxygen atoms in total. The molecule has 67 heavy (non-hydrogen) atoms. The summed E-state index contributed by atoms with van der Waals surface area (Å²) in [6, 6.07) is 22.6. The lowest BCUT2D eigenvalue weighted by Crippen LogP contribution is -2.47. The third-order valence-corrected chi connectivity index (χ3v) is 10.1. The predicted molar refractivity (Wildman–Crippen MR) is 265 cm³/mol. The quantitative estimate of drug-likeness (QED) is 0.0445. The molecule has 360 valence electrons. The monoisotopic (exact) mass is 1020 g/mol. The number of aryl methyl sites for hydroxylation is 1. The van der Waals surface area contributed by atoms with Crippen LogP contribution in [0.15, 0.2) is 95.6 Å². The van der Waals surface area contributed by atoms with Gasteiger partial charge in [-0.25, -0.2) is 4.98 Å². The average molecular weight is 1030 g/mol. The molecule has 2 unspecified atom stereocenters. The fourth-order valence-electron chi connectivity index (χ4n) is 5.92. The number of amides is 5. The van der Waals surface area contributed by atoms with Gasteiger partial charge in [-0.2, -0.15) is 0 Å². The van der Waals surface area contributed by atoms with Gasteiger partial charge in [0.1, 0.15) is 35.5 Å². The number of halogens is 3. The molecule has 5 rings (SSSR count).